The Kier molecular flexibility index (Phi) is 7.63. The van der Waals surface area contributed by atoms with Crippen LogP contribution in [0.1, 0.15) is 36.9 Å². The number of hydrogen-bond acceptors (Lipinski definition) is 6. The van der Waals surface area contributed by atoms with Crippen molar-refractivity contribution in [3.05, 3.63) is 47.5 Å². The number of carboxylic acid groups (broad SMARTS) is 1. The van der Waals surface area contributed by atoms with E-state index in [2.05, 4.69) is 4.90 Å². The molecule has 2 aromatic carbocycles. The number of nitrogens with zero attached hydrogens (tertiary/aromatic N) is 1. The van der Waals surface area contributed by atoms with Crippen LogP contribution in [-0.4, -0.2) is 57.0 Å². The standard InChI is InChI=1S/C24H31NO6/c1-5-31-19-11-7-6-10-18(19)22(25-12-8-9-16(15-25)24(26)27)17-13-20(28-2)23(30-4)21(14-17)29-3/h6-7,10-11,13-14,16,22H,5,8-9,12,15H2,1-4H3,(H,26,27). The van der Waals surface area contributed by atoms with Crippen LogP contribution in [0, 0.1) is 5.92 Å². The Hall–Kier alpha value is -2.93. The number of para-hydroxylation sites is 1. The number of carbonyl (C=O) groups is 1. The molecule has 1 heterocycles. The number of hydrogen-bond donors (Lipinski definition) is 1. The summed E-state index contributed by atoms with van der Waals surface area (Å²) in [4.78, 5) is 14.0. The van der Waals surface area contributed by atoms with Crippen LogP contribution in [0.5, 0.6) is 23.0 Å². The second-order valence-corrected chi connectivity index (χ2v) is 7.50. The Labute approximate surface area is 183 Å². The van der Waals surface area contributed by atoms with E-state index >= 15 is 0 Å². The number of benzene rings is 2. The highest BCUT2D eigenvalue weighted by Gasteiger charge is 2.33. The Bertz CT molecular complexity index is 874. The topological polar surface area (TPSA) is 77.5 Å². The summed E-state index contributed by atoms with van der Waals surface area (Å²) in [6, 6.07) is 11.5. The molecule has 7 heteroatoms. The lowest BCUT2D eigenvalue weighted by molar-refractivity contribution is -0.143. The molecule has 0 aliphatic carbocycles. The number of aliphatic carboxylic acids is 1. The van der Waals surface area contributed by atoms with Gasteiger partial charge in [-0.1, -0.05) is 18.2 Å². The summed E-state index contributed by atoms with van der Waals surface area (Å²) >= 11 is 0. The molecule has 1 aliphatic heterocycles. The van der Waals surface area contributed by atoms with E-state index in [4.69, 9.17) is 18.9 Å². The smallest absolute Gasteiger partial charge is 0.307 e. The lowest BCUT2D eigenvalue weighted by Crippen LogP contribution is -2.41. The van der Waals surface area contributed by atoms with Gasteiger partial charge in [0.1, 0.15) is 5.75 Å². The molecule has 1 fully saturated rings. The zero-order valence-corrected chi connectivity index (χ0v) is 18.6. The lowest BCUT2D eigenvalue weighted by Gasteiger charge is -2.38. The van der Waals surface area contributed by atoms with Crippen LogP contribution in [0.2, 0.25) is 0 Å². The van der Waals surface area contributed by atoms with Gasteiger partial charge in [-0.05, 0) is 50.1 Å². The second-order valence-electron chi connectivity index (χ2n) is 7.50. The zero-order chi connectivity index (χ0) is 22.4. The lowest BCUT2D eigenvalue weighted by atomic mass is 9.90. The summed E-state index contributed by atoms with van der Waals surface area (Å²) in [5.74, 6) is 1.25. The Morgan fingerprint density at radius 3 is 2.35 bits per heavy atom. The van der Waals surface area contributed by atoms with Crippen molar-refractivity contribution >= 4 is 5.97 Å². The molecule has 3 rings (SSSR count). The highest BCUT2D eigenvalue weighted by atomic mass is 16.5. The van der Waals surface area contributed by atoms with Crippen molar-refractivity contribution in [1.29, 1.82) is 0 Å². The van der Waals surface area contributed by atoms with Crippen molar-refractivity contribution in [1.82, 2.24) is 4.90 Å². The fraction of sp³-hybridized carbons (Fsp3) is 0.458. The normalized spacial score (nSPS) is 17.6. The molecule has 0 spiro atoms. The molecular weight excluding hydrogens is 398 g/mol. The highest BCUT2D eigenvalue weighted by Crippen LogP contribution is 2.44. The molecule has 168 valence electrons. The van der Waals surface area contributed by atoms with Crippen molar-refractivity contribution in [3.8, 4) is 23.0 Å². The maximum Gasteiger partial charge on any atom is 0.307 e. The predicted molar refractivity (Wildman–Crippen MR) is 117 cm³/mol. The Balaban J connectivity index is 2.16. The SMILES string of the molecule is CCOc1ccccc1C(c1cc(OC)c(OC)c(OC)c1)N1CCCC(C(=O)O)C1. The van der Waals surface area contributed by atoms with E-state index in [1.165, 1.54) is 0 Å². The van der Waals surface area contributed by atoms with Crippen LogP contribution in [0.3, 0.4) is 0 Å². The van der Waals surface area contributed by atoms with Crippen molar-refractivity contribution < 1.29 is 28.8 Å². The van der Waals surface area contributed by atoms with E-state index in [0.717, 1.165) is 29.8 Å². The van der Waals surface area contributed by atoms with Gasteiger partial charge < -0.3 is 24.1 Å². The first-order valence-electron chi connectivity index (χ1n) is 10.5. The number of rotatable bonds is 9. The van der Waals surface area contributed by atoms with E-state index in [0.29, 0.717) is 36.8 Å². The first-order chi connectivity index (χ1) is 15.0. The van der Waals surface area contributed by atoms with Crippen LogP contribution in [0.25, 0.3) is 0 Å². The molecule has 7 nitrogen and oxygen atoms in total. The zero-order valence-electron chi connectivity index (χ0n) is 18.6. The summed E-state index contributed by atoms with van der Waals surface area (Å²) in [7, 11) is 4.75. The van der Waals surface area contributed by atoms with E-state index in [1.807, 2.05) is 43.3 Å². The fourth-order valence-electron chi connectivity index (χ4n) is 4.28. The molecular formula is C24H31NO6. The maximum absolute atomic E-state index is 11.7. The third kappa shape index (κ3) is 4.88. The number of likely N-dealkylation sites (tertiary alicyclic amines) is 1. The summed E-state index contributed by atoms with van der Waals surface area (Å²) in [5.41, 5.74) is 1.90. The van der Waals surface area contributed by atoms with Crippen LogP contribution < -0.4 is 18.9 Å². The third-order valence-corrected chi connectivity index (χ3v) is 5.68. The first kappa shape index (κ1) is 22.7. The van der Waals surface area contributed by atoms with Crippen molar-refractivity contribution in [2.24, 2.45) is 5.92 Å². The van der Waals surface area contributed by atoms with Gasteiger partial charge in [-0.3, -0.25) is 9.69 Å². The first-order valence-corrected chi connectivity index (χ1v) is 10.5. The summed E-state index contributed by atoms with van der Waals surface area (Å²) in [6.45, 7) is 3.73. The molecule has 2 atom stereocenters. The van der Waals surface area contributed by atoms with Crippen molar-refractivity contribution in [3.63, 3.8) is 0 Å². The van der Waals surface area contributed by atoms with Crippen LogP contribution in [0.4, 0.5) is 0 Å². The van der Waals surface area contributed by atoms with E-state index in [9.17, 15) is 9.90 Å². The molecule has 0 bridgehead atoms. The van der Waals surface area contributed by atoms with Crippen molar-refractivity contribution in [2.45, 2.75) is 25.8 Å². The van der Waals surface area contributed by atoms with E-state index in [1.54, 1.807) is 21.3 Å². The molecule has 2 aromatic rings. The summed E-state index contributed by atoms with van der Waals surface area (Å²) in [6.07, 6.45) is 1.50. The molecule has 31 heavy (non-hydrogen) atoms. The average molecular weight is 430 g/mol. The van der Waals surface area contributed by atoms with Gasteiger partial charge in [0.2, 0.25) is 5.75 Å². The van der Waals surface area contributed by atoms with Gasteiger partial charge in [0, 0.05) is 12.1 Å². The van der Waals surface area contributed by atoms with Gasteiger partial charge in [-0.2, -0.15) is 0 Å². The number of ether oxygens (including phenoxy) is 4. The molecule has 1 saturated heterocycles. The summed E-state index contributed by atoms with van der Waals surface area (Å²) < 4.78 is 22.6. The monoisotopic (exact) mass is 429 g/mol. The number of carboxylic acids is 1. The maximum atomic E-state index is 11.7. The van der Waals surface area contributed by atoms with Crippen LogP contribution >= 0.6 is 0 Å². The molecule has 1 aliphatic rings. The third-order valence-electron chi connectivity index (χ3n) is 5.68. The molecule has 2 unspecified atom stereocenters. The second kappa shape index (κ2) is 10.4. The van der Waals surface area contributed by atoms with Gasteiger partial charge in [-0.25, -0.2) is 0 Å². The van der Waals surface area contributed by atoms with E-state index in [-0.39, 0.29) is 6.04 Å². The summed E-state index contributed by atoms with van der Waals surface area (Å²) in [5, 5.41) is 9.64. The van der Waals surface area contributed by atoms with Crippen LogP contribution in [-0.2, 0) is 4.79 Å². The number of methoxy groups -OCH3 is 3. The van der Waals surface area contributed by atoms with Gasteiger partial charge >= 0.3 is 5.97 Å². The largest absolute Gasteiger partial charge is 0.494 e. The molecule has 0 aromatic heterocycles. The predicted octanol–water partition coefficient (Wildman–Crippen LogP) is 4.00. The van der Waals surface area contributed by atoms with Gasteiger partial charge in [0.25, 0.3) is 0 Å². The minimum Gasteiger partial charge on any atom is -0.494 e. The fourth-order valence-corrected chi connectivity index (χ4v) is 4.28. The minimum absolute atomic E-state index is 0.224. The van der Waals surface area contributed by atoms with E-state index < -0.39 is 11.9 Å². The molecule has 0 radical (unpaired) electrons. The minimum atomic E-state index is -0.758. The quantitative estimate of drug-likeness (QED) is 0.646. The van der Waals surface area contributed by atoms with Gasteiger partial charge in [0.05, 0.1) is 39.9 Å². The van der Waals surface area contributed by atoms with Crippen molar-refractivity contribution in [2.75, 3.05) is 41.0 Å². The van der Waals surface area contributed by atoms with Gasteiger partial charge in [0.15, 0.2) is 11.5 Å². The Morgan fingerprint density at radius 1 is 1.10 bits per heavy atom. The van der Waals surface area contributed by atoms with Crippen LogP contribution in [0.15, 0.2) is 36.4 Å². The average Bonchev–Trinajstić information content (AvgIpc) is 2.80. The van der Waals surface area contributed by atoms with Gasteiger partial charge in [-0.15, -0.1) is 0 Å². The molecule has 0 amide bonds. The molecule has 0 saturated carbocycles. The Morgan fingerprint density at radius 2 is 1.77 bits per heavy atom. The number of piperidine rings is 1. The molecule has 1 N–H and O–H groups in total. The highest BCUT2D eigenvalue weighted by molar-refractivity contribution is 5.70.